The summed E-state index contributed by atoms with van der Waals surface area (Å²) in [5.41, 5.74) is 1.89. The Balaban J connectivity index is 1.71. The number of aromatic nitrogens is 2. The van der Waals surface area contributed by atoms with Crippen molar-refractivity contribution in [2.75, 3.05) is 13.7 Å². The quantitative estimate of drug-likeness (QED) is 0.626. The number of ether oxygens (including phenoxy) is 1. The van der Waals surface area contributed by atoms with E-state index in [0.717, 1.165) is 21.9 Å². The summed E-state index contributed by atoms with van der Waals surface area (Å²) in [5, 5.41) is 4.84. The van der Waals surface area contributed by atoms with E-state index in [4.69, 9.17) is 20.9 Å². The van der Waals surface area contributed by atoms with Crippen molar-refractivity contribution in [3.8, 4) is 17.1 Å². The van der Waals surface area contributed by atoms with Gasteiger partial charge < -0.3 is 9.26 Å². The standard InChI is InChI=1S/C19H20ClN3O2/c1-3-24-17-11-7-5-9-15(17)19-21-18(25-22-19)13-23(2)12-14-8-4-6-10-16(14)20/h4-11H,3,12-13H2,1-2H3. The van der Waals surface area contributed by atoms with Gasteiger partial charge in [0.2, 0.25) is 11.7 Å². The molecule has 5 nitrogen and oxygen atoms in total. The summed E-state index contributed by atoms with van der Waals surface area (Å²) in [4.78, 5) is 6.57. The number of para-hydroxylation sites is 1. The van der Waals surface area contributed by atoms with Crippen LogP contribution in [0.25, 0.3) is 11.4 Å². The Morgan fingerprint density at radius 2 is 1.84 bits per heavy atom. The Bertz CT molecular complexity index is 835. The van der Waals surface area contributed by atoms with E-state index < -0.39 is 0 Å². The van der Waals surface area contributed by atoms with Gasteiger partial charge in [-0.1, -0.05) is 47.1 Å². The van der Waals surface area contributed by atoms with Crippen LogP contribution in [0.15, 0.2) is 53.1 Å². The lowest BCUT2D eigenvalue weighted by molar-refractivity contribution is 0.261. The first-order valence-corrected chi connectivity index (χ1v) is 8.52. The van der Waals surface area contributed by atoms with E-state index >= 15 is 0 Å². The summed E-state index contributed by atoms with van der Waals surface area (Å²) < 4.78 is 11.0. The molecule has 1 heterocycles. The molecular formula is C19H20ClN3O2. The zero-order chi connectivity index (χ0) is 17.6. The zero-order valence-corrected chi connectivity index (χ0v) is 15.0. The maximum Gasteiger partial charge on any atom is 0.241 e. The minimum Gasteiger partial charge on any atom is -0.493 e. The lowest BCUT2D eigenvalue weighted by Gasteiger charge is -2.14. The van der Waals surface area contributed by atoms with E-state index in [9.17, 15) is 0 Å². The molecule has 0 spiro atoms. The van der Waals surface area contributed by atoms with E-state index in [1.807, 2.05) is 62.5 Å². The van der Waals surface area contributed by atoms with Gasteiger partial charge in [-0.3, -0.25) is 4.90 Å². The molecule has 6 heteroatoms. The highest BCUT2D eigenvalue weighted by Gasteiger charge is 2.14. The molecule has 0 bridgehead atoms. The minimum absolute atomic E-state index is 0.533. The largest absolute Gasteiger partial charge is 0.493 e. The number of hydrogen-bond acceptors (Lipinski definition) is 5. The van der Waals surface area contributed by atoms with E-state index in [0.29, 0.717) is 31.4 Å². The molecule has 0 amide bonds. The van der Waals surface area contributed by atoms with E-state index in [1.54, 1.807) is 0 Å². The fraction of sp³-hybridized carbons (Fsp3) is 0.263. The molecule has 25 heavy (non-hydrogen) atoms. The minimum atomic E-state index is 0.533. The molecule has 0 fully saturated rings. The van der Waals surface area contributed by atoms with Crippen LogP contribution >= 0.6 is 11.6 Å². The fourth-order valence-corrected chi connectivity index (χ4v) is 2.76. The van der Waals surface area contributed by atoms with Gasteiger partial charge in [-0.25, -0.2) is 0 Å². The van der Waals surface area contributed by atoms with E-state index in [2.05, 4.69) is 15.0 Å². The van der Waals surface area contributed by atoms with Crippen LogP contribution < -0.4 is 4.74 Å². The number of hydrogen-bond donors (Lipinski definition) is 0. The van der Waals surface area contributed by atoms with Crippen LogP contribution in [-0.2, 0) is 13.1 Å². The topological polar surface area (TPSA) is 51.4 Å². The third-order valence-corrected chi connectivity index (χ3v) is 4.07. The average Bonchev–Trinajstić information content (AvgIpc) is 3.06. The van der Waals surface area contributed by atoms with Crippen molar-refractivity contribution in [1.29, 1.82) is 0 Å². The summed E-state index contributed by atoms with van der Waals surface area (Å²) in [6, 6.07) is 15.5. The first-order valence-electron chi connectivity index (χ1n) is 8.14. The normalized spacial score (nSPS) is 11.0. The van der Waals surface area contributed by atoms with Gasteiger partial charge in [0.1, 0.15) is 5.75 Å². The molecule has 0 N–H and O–H groups in total. The molecule has 0 saturated heterocycles. The van der Waals surface area contributed by atoms with Gasteiger partial charge in [-0.05, 0) is 37.7 Å². The summed E-state index contributed by atoms with van der Waals surface area (Å²) in [6.45, 7) is 3.77. The third-order valence-electron chi connectivity index (χ3n) is 3.70. The van der Waals surface area contributed by atoms with Crippen LogP contribution in [0, 0.1) is 0 Å². The maximum absolute atomic E-state index is 6.21. The van der Waals surface area contributed by atoms with Crippen molar-refractivity contribution in [3.63, 3.8) is 0 Å². The second-order valence-electron chi connectivity index (χ2n) is 5.70. The van der Waals surface area contributed by atoms with Crippen molar-refractivity contribution in [2.24, 2.45) is 0 Å². The van der Waals surface area contributed by atoms with Crippen LogP contribution in [0.2, 0.25) is 5.02 Å². The van der Waals surface area contributed by atoms with Gasteiger partial charge in [0.25, 0.3) is 0 Å². The Morgan fingerprint density at radius 1 is 1.08 bits per heavy atom. The molecule has 2 aromatic carbocycles. The summed E-state index contributed by atoms with van der Waals surface area (Å²) in [7, 11) is 1.99. The van der Waals surface area contributed by atoms with Crippen molar-refractivity contribution in [2.45, 2.75) is 20.0 Å². The van der Waals surface area contributed by atoms with Gasteiger partial charge in [0, 0.05) is 11.6 Å². The molecule has 1 aromatic heterocycles. The second kappa shape index (κ2) is 8.14. The van der Waals surface area contributed by atoms with Crippen LogP contribution in [0.3, 0.4) is 0 Å². The molecule has 130 valence electrons. The van der Waals surface area contributed by atoms with Crippen molar-refractivity contribution in [1.82, 2.24) is 15.0 Å². The third kappa shape index (κ3) is 4.38. The maximum atomic E-state index is 6.21. The van der Waals surface area contributed by atoms with Crippen LogP contribution in [-0.4, -0.2) is 28.7 Å². The highest BCUT2D eigenvalue weighted by atomic mass is 35.5. The number of nitrogens with zero attached hydrogens (tertiary/aromatic N) is 3. The predicted octanol–water partition coefficient (Wildman–Crippen LogP) is 4.42. The van der Waals surface area contributed by atoms with Crippen LogP contribution in [0.1, 0.15) is 18.4 Å². The van der Waals surface area contributed by atoms with Crippen molar-refractivity contribution >= 4 is 11.6 Å². The Labute approximate surface area is 152 Å². The first-order chi connectivity index (χ1) is 12.2. The van der Waals surface area contributed by atoms with Gasteiger partial charge in [-0.15, -0.1) is 0 Å². The van der Waals surface area contributed by atoms with Crippen LogP contribution in [0.4, 0.5) is 0 Å². The second-order valence-corrected chi connectivity index (χ2v) is 6.11. The highest BCUT2D eigenvalue weighted by Crippen LogP contribution is 2.27. The summed E-state index contributed by atoms with van der Waals surface area (Å²) in [5.74, 6) is 1.84. The molecule has 0 unspecified atom stereocenters. The number of halogens is 1. The Hall–Kier alpha value is -2.37. The van der Waals surface area contributed by atoms with Crippen molar-refractivity contribution < 1.29 is 9.26 Å². The zero-order valence-electron chi connectivity index (χ0n) is 14.3. The molecule has 3 aromatic rings. The van der Waals surface area contributed by atoms with Gasteiger partial charge >= 0.3 is 0 Å². The molecule has 0 radical (unpaired) electrons. The first kappa shape index (κ1) is 17.5. The van der Waals surface area contributed by atoms with Crippen molar-refractivity contribution in [3.05, 3.63) is 65.0 Å². The molecular weight excluding hydrogens is 338 g/mol. The summed E-state index contributed by atoms with van der Waals surface area (Å²) >= 11 is 6.21. The predicted molar refractivity (Wildman–Crippen MR) is 97.5 cm³/mol. The molecule has 0 aliphatic heterocycles. The van der Waals surface area contributed by atoms with E-state index in [1.165, 1.54) is 0 Å². The lowest BCUT2D eigenvalue weighted by atomic mass is 10.2. The van der Waals surface area contributed by atoms with Gasteiger partial charge in [0.05, 0.1) is 18.7 Å². The molecule has 3 rings (SSSR count). The number of benzene rings is 2. The van der Waals surface area contributed by atoms with E-state index in [-0.39, 0.29) is 0 Å². The monoisotopic (exact) mass is 357 g/mol. The molecule has 0 aliphatic carbocycles. The SMILES string of the molecule is CCOc1ccccc1-c1noc(CN(C)Cc2ccccc2Cl)n1. The summed E-state index contributed by atoms with van der Waals surface area (Å²) in [6.07, 6.45) is 0. The number of rotatable bonds is 7. The molecule has 0 aliphatic rings. The average molecular weight is 358 g/mol. The Kier molecular flexibility index (Phi) is 5.68. The highest BCUT2D eigenvalue weighted by molar-refractivity contribution is 6.31. The van der Waals surface area contributed by atoms with Gasteiger partial charge in [0.15, 0.2) is 0 Å². The fourth-order valence-electron chi connectivity index (χ4n) is 2.57. The Morgan fingerprint density at radius 3 is 2.64 bits per heavy atom. The van der Waals surface area contributed by atoms with Crippen LogP contribution in [0.5, 0.6) is 5.75 Å². The van der Waals surface area contributed by atoms with Gasteiger partial charge in [-0.2, -0.15) is 4.98 Å². The lowest BCUT2D eigenvalue weighted by Crippen LogP contribution is -2.17. The molecule has 0 atom stereocenters. The smallest absolute Gasteiger partial charge is 0.241 e. The molecule has 0 saturated carbocycles.